The second-order valence-electron chi connectivity index (χ2n) is 4.85. The first-order valence-corrected chi connectivity index (χ1v) is 7.91. The van der Waals surface area contributed by atoms with E-state index >= 15 is 0 Å². The first kappa shape index (κ1) is 13.8. The van der Waals surface area contributed by atoms with E-state index in [1.54, 1.807) is 29.9 Å². The van der Waals surface area contributed by atoms with Crippen LogP contribution in [0.4, 0.5) is 0 Å². The first-order chi connectivity index (χ1) is 11.4. The minimum Gasteiger partial charge on any atom is -0.457 e. The van der Waals surface area contributed by atoms with Crippen molar-refractivity contribution >= 4 is 21.6 Å². The van der Waals surface area contributed by atoms with E-state index in [4.69, 9.17) is 4.74 Å². The molecule has 0 radical (unpaired) electrons. The molecule has 1 aromatic carbocycles. The number of rotatable bonds is 4. The molecule has 0 saturated heterocycles. The normalized spacial score (nSPS) is 10.8. The summed E-state index contributed by atoms with van der Waals surface area (Å²) in [5, 5.41) is 0.905. The molecule has 0 saturated carbocycles. The van der Waals surface area contributed by atoms with Gasteiger partial charge in [-0.3, -0.25) is 4.98 Å². The number of pyridine rings is 1. The van der Waals surface area contributed by atoms with E-state index in [0.29, 0.717) is 12.6 Å². The van der Waals surface area contributed by atoms with Crippen LogP contribution < -0.4 is 4.74 Å². The zero-order chi connectivity index (χ0) is 15.5. The van der Waals surface area contributed by atoms with Crippen molar-refractivity contribution in [2.75, 3.05) is 0 Å². The van der Waals surface area contributed by atoms with Gasteiger partial charge in [-0.25, -0.2) is 15.0 Å². The van der Waals surface area contributed by atoms with Crippen molar-refractivity contribution in [3.8, 4) is 16.6 Å². The fraction of sp³-hybridized carbons (Fsp3) is 0.0588. The van der Waals surface area contributed by atoms with Crippen molar-refractivity contribution in [3.05, 3.63) is 66.7 Å². The second-order valence-corrected chi connectivity index (χ2v) is 5.88. The third-order valence-corrected chi connectivity index (χ3v) is 4.33. The van der Waals surface area contributed by atoms with Crippen LogP contribution in [0, 0.1) is 0 Å². The first-order valence-electron chi connectivity index (χ1n) is 7.09. The van der Waals surface area contributed by atoms with E-state index in [1.807, 2.05) is 36.4 Å². The molecule has 0 amide bonds. The molecule has 5 nitrogen and oxygen atoms in total. The maximum Gasteiger partial charge on any atom is 0.316 e. The average Bonchev–Trinajstić information content (AvgIpc) is 3.05. The topological polar surface area (TPSA) is 60.8 Å². The molecule has 6 heteroatoms. The highest BCUT2D eigenvalue weighted by molar-refractivity contribution is 7.21. The number of para-hydroxylation sites is 1. The molecule has 0 aliphatic carbocycles. The van der Waals surface area contributed by atoms with Crippen LogP contribution in [0.1, 0.15) is 5.69 Å². The maximum absolute atomic E-state index is 5.54. The van der Waals surface area contributed by atoms with Crippen molar-refractivity contribution < 1.29 is 4.74 Å². The Kier molecular flexibility index (Phi) is 3.65. The fourth-order valence-electron chi connectivity index (χ4n) is 2.12. The molecular weight excluding hydrogens is 308 g/mol. The summed E-state index contributed by atoms with van der Waals surface area (Å²) in [7, 11) is 0. The third-order valence-electron chi connectivity index (χ3n) is 3.24. The molecule has 0 unspecified atom stereocenters. The highest BCUT2D eigenvalue weighted by Gasteiger charge is 2.07. The molecule has 0 fully saturated rings. The summed E-state index contributed by atoms with van der Waals surface area (Å²) in [5.74, 6) is 0. The zero-order valence-corrected chi connectivity index (χ0v) is 12.9. The zero-order valence-electron chi connectivity index (χ0n) is 12.1. The number of fused-ring (bicyclic) bond motifs is 1. The van der Waals surface area contributed by atoms with Gasteiger partial charge in [-0.2, -0.15) is 0 Å². The van der Waals surface area contributed by atoms with Gasteiger partial charge in [0.15, 0.2) is 0 Å². The predicted molar refractivity (Wildman–Crippen MR) is 89.2 cm³/mol. The summed E-state index contributed by atoms with van der Waals surface area (Å²) < 4.78 is 6.69. The van der Waals surface area contributed by atoms with Crippen LogP contribution in [0.5, 0.6) is 6.01 Å². The van der Waals surface area contributed by atoms with Crippen LogP contribution in [0.2, 0.25) is 0 Å². The average molecular weight is 320 g/mol. The lowest BCUT2D eigenvalue weighted by Crippen LogP contribution is -2.00. The second kappa shape index (κ2) is 6.10. The Morgan fingerprint density at radius 2 is 1.74 bits per heavy atom. The molecule has 112 valence electrons. The monoisotopic (exact) mass is 320 g/mol. The summed E-state index contributed by atoms with van der Waals surface area (Å²) in [6, 6.07) is 14.1. The van der Waals surface area contributed by atoms with E-state index in [2.05, 4.69) is 26.0 Å². The van der Waals surface area contributed by atoms with Crippen LogP contribution in [-0.4, -0.2) is 19.9 Å². The Morgan fingerprint density at radius 1 is 0.913 bits per heavy atom. The lowest BCUT2D eigenvalue weighted by Gasteiger charge is -2.03. The Morgan fingerprint density at radius 3 is 2.52 bits per heavy atom. The van der Waals surface area contributed by atoms with Gasteiger partial charge in [-0.05, 0) is 24.3 Å². The smallest absolute Gasteiger partial charge is 0.316 e. The molecule has 3 heterocycles. The van der Waals surface area contributed by atoms with Gasteiger partial charge in [0.1, 0.15) is 11.6 Å². The van der Waals surface area contributed by atoms with Crippen molar-refractivity contribution in [1.29, 1.82) is 0 Å². The molecular formula is C17H12N4OS. The highest BCUT2D eigenvalue weighted by Crippen LogP contribution is 2.29. The van der Waals surface area contributed by atoms with Gasteiger partial charge in [0, 0.05) is 24.2 Å². The molecule has 0 aliphatic rings. The van der Waals surface area contributed by atoms with Crippen LogP contribution in [-0.2, 0) is 6.61 Å². The summed E-state index contributed by atoms with van der Waals surface area (Å²) in [5.41, 5.74) is 2.71. The number of ether oxygens (including phenoxy) is 1. The van der Waals surface area contributed by atoms with Crippen LogP contribution >= 0.6 is 11.3 Å². The number of benzene rings is 1. The summed E-state index contributed by atoms with van der Waals surface area (Å²) >= 11 is 1.62. The largest absolute Gasteiger partial charge is 0.457 e. The molecule has 0 bridgehead atoms. The van der Waals surface area contributed by atoms with E-state index in [1.165, 1.54) is 0 Å². The number of hydrogen-bond acceptors (Lipinski definition) is 6. The third kappa shape index (κ3) is 3.02. The standard InChI is InChI=1S/C17H12N4OS/c1-2-7-15-14(6-1)21-16(23-15)12-9-19-17(20-10-12)22-11-13-5-3-4-8-18-13/h1-10H,11H2. The fourth-order valence-corrected chi connectivity index (χ4v) is 3.06. The number of thiazole rings is 1. The molecule has 4 aromatic rings. The molecule has 0 aliphatic heterocycles. The lowest BCUT2D eigenvalue weighted by molar-refractivity contribution is 0.276. The van der Waals surface area contributed by atoms with Crippen molar-refractivity contribution in [1.82, 2.24) is 19.9 Å². The van der Waals surface area contributed by atoms with Crippen molar-refractivity contribution in [2.24, 2.45) is 0 Å². The van der Waals surface area contributed by atoms with Crippen LogP contribution in [0.15, 0.2) is 61.1 Å². The minimum atomic E-state index is 0.334. The molecule has 3 aromatic heterocycles. The number of hydrogen-bond donors (Lipinski definition) is 0. The maximum atomic E-state index is 5.54. The predicted octanol–water partition coefficient (Wildman–Crippen LogP) is 3.73. The summed E-state index contributed by atoms with van der Waals surface area (Å²) in [6.45, 7) is 0.349. The Bertz CT molecular complexity index is 889. The van der Waals surface area contributed by atoms with E-state index in [9.17, 15) is 0 Å². The lowest BCUT2D eigenvalue weighted by atomic mass is 10.3. The number of aromatic nitrogens is 4. The highest BCUT2D eigenvalue weighted by atomic mass is 32.1. The van der Waals surface area contributed by atoms with Gasteiger partial charge in [0.05, 0.1) is 15.9 Å². The molecule has 0 spiro atoms. The minimum absolute atomic E-state index is 0.334. The SMILES string of the molecule is c1ccc(COc2ncc(-c3nc4ccccc4s3)cn2)nc1. The van der Waals surface area contributed by atoms with Gasteiger partial charge in [-0.1, -0.05) is 18.2 Å². The van der Waals surface area contributed by atoms with Crippen LogP contribution in [0.3, 0.4) is 0 Å². The van der Waals surface area contributed by atoms with E-state index < -0.39 is 0 Å². The molecule has 0 atom stereocenters. The Balaban J connectivity index is 1.51. The van der Waals surface area contributed by atoms with Crippen molar-refractivity contribution in [2.45, 2.75) is 6.61 Å². The van der Waals surface area contributed by atoms with E-state index in [0.717, 1.165) is 26.5 Å². The number of nitrogens with zero attached hydrogens (tertiary/aromatic N) is 4. The molecule has 0 N–H and O–H groups in total. The van der Waals surface area contributed by atoms with E-state index in [-0.39, 0.29) is 0 Å². The summed E-state index contributed by atoms with van der Waals surface area (Å²) in [4.78, 5) is 17.3. The quantitative estimate of drug-likeness (QED) is 0.573. The van der Waals surface area contributed by atoms with Gasteiger partial charge < -0.3 is 4.74 Å². The Labute approximate surface area is 136 Å². The molecule has 23 heavy (non-hydrogen) atoms. The summed E-state index contributed by atoms with van der Waals surface area (Å²) in [6.07, 6.45) is 5.20. The molecule has 4 rings (SSSR count). The Hall–Kier alpha value is -2.86. The van der Waals surface area contributed by atoms with Crippen LogP contribution in [0.25, 0.3) is 20.8 Å². The van der Waals surface area contributed by atoms with Gasteiger partial charge >= 0.3 is 6.01 Å². The van der Waals surface area contributed by atoms with Gasteiger partial charge in [0.25, 0.3) is 0 Å². The van der Waals surface area contributed by atoms with Gasteiger partial charge in [-0.15, -0.1) is 11.3 Å². The van der Waals surface area contributed by atoms with Crippen molar-refractivity contribution in [3.63, 3.8) is 0 Å². The van der Waals surface area contributed by atoms with Gasteiger partial charge in [0.2, 0.25) is 0 Å².